The highest BCUT2D eigenvalue weighted by Crippen LogP contribution is 2.35. The number of carbonyl (C=O) groups is 1. The third-order valence-corrected chi connectivity index (χ3v) is 5.21. The zero-order valence-corrected chi connectivity index (χ0v) is 15.4. The van der Waals surface area contributed by atoms with Crippen molar-refractivity contribution in [3.8, 4) is 0 Å². The maximum atomic E-state index is 13.4. The van der Waals surface area contributed by atoms with Crippen molar-refractivity contribution in [2.24, 2.45) is 0 Å². The number of fused-ring (bicyclic) bond motifs is 1. The molecule has 1 amide bonds. The second-order valence-electron chi connectivity index (χ2n) is 7.10. The average Bonchev–Trinajstić information content (AvgIpc) is 3.09. The van der Waals surface area contributed by atoms with Gasteiger partial charge in [0.1, 0.15) is 12.4 Å². The number of hydrogen-bond acceptors (Lipinski definition) is 5. The molecule has 1 N–H and O–H groups in total. The van der Waals surface area contributed by atoms with E-state index >= 15 is 0 Å². The molecule has 0 saturated carbocycles. The number of nitrogens with one attached hydrogen (secondary N) is 1. The maximum absolute atomic E-state index is 13.4. The van der Waals surface area contributed by atoms with E-state index in [-0.39, 0.29) is 11.9 Å². The molecule has 7 heteroatoms. The van der Waals surface area contributed by atoms with E-state index in [4.69, 9.17) is 0 Å². The minimum atomic E-state index is -0.262. The highest BCUT2D eigenvalue weighted by Gasteiger charge is 2.35. The Kier molecular flexibility index (Phi) is 4.24. The number of carbonyl (C=O) groups excluding carboxylic acids is 1. The molecule has 1 atom stereocenters. The molecule has 0 unspecified atom stereocenters. The van der Waals surface area contributed by atoms with Gasteiger partial charge in [0, 0.05) is 31.9 Å². The molecule has 3 heterocycles. The summed E-state index contributed by atoms with van der Waals surface area (Å²) in [6, 6.07) is 8.02. The van der Waals surface area contributed by atoms with Crippen LogP contribution in [0.15, 0.2) is 41.9 Å². The summed E-state index contributed by atoms with van der Waals surface area (Å²) in [7, 11) is 2.09. The lowest BCUT2D eigenvalue weighted by Crippen LogP contribution is -2.49. The molecule has 2 aliphatic rings. The minimum absolute atomic E-state index is 0.0785. The first-order valence-electron chi connectivity index (χ1n) is 8.96. The van der Waals surface area contributed by atoms with Crippen molar-refractivity contribution in [3.63, 3.8) is 0 Å². The molecule has 0 radical (unpaired) electrons. The van der Waals surface area contributed by atoms with Crippen LogP contribution in [-0.2, 0) is 4.79 Å². The van der Waals surface area contributed by atoms with Gasteiger partial charge in [0.25, 0.3) is 5.91 Å². The van der Waals surface area contributed by atoms with E-state index in [1.54, 1.807) is 4.68 Å². The maximum Gasteiger partial charge on any atom is 0.254 e. The topological polar surface area (TPSA) is 66.3 Å². The van der Waals surface area contributed by atoms with Crippen molar-refractivity contribution in [2.45, 2.75) is 19.9 Å². The number of benzene rings is 1. The Morgan fingerprint density at radius 3 is 2.50 bits per heavy atom. The SMILES string of the molecule is CC1=C(C(=O)N2CCN(C)CC2)[C@H](c2ccc(C)cc2)n2ncnc2N1. The van der Waals surface area contributed by atoms with Crippen LogP contribution in [-0.4, -0.2) is 63.7 Å². The second kappa shape index (κ2) is 6.57. The summed E-state index contributed by atoms with van der Waals surface area (Å²) in [5.41, 5.74) is 3.83. The fourth-order valence-corrected chi connectivity index (χ4v) is 3.60. The quantitative estimate of drug-likeness (QED) is 0.890. The number of nitrogens with zero attached hydrogens (tertiary/aromatic N) is 5. The monoisotopic (exact) mass is 352 g/mol. The zero-order chi connectivity index (χ0) is 18.3. The summed E-state index contributed by atoms with van der Waals surface area (Å²) in [5.74, 6) is 0.748. The van der Waals surface area contributed by atoms with Crippen molar-refractivity contribution in [1.82, 2.24) is 24.6 Å². The van der Waals surface area contributed by atoms with Gasteiger partial charge in [0.05, 0.1) is 5.57 Å². The molecular weight excluding hydrogens is 328 g/mol. The van der Waals surface area contributed by atoms with Gasteiger partial charge in [-0.3, -0.25) is 4.79 Å². The number of anilines is 1. The Morgan fingerprint density at radius 1 is 1.12 bits per heavy atom. The average molecular weight is 352 g/mol. The molecule has 1 aromatic heterocycles. The van der Waals surface area contributed by atoms with Crippen LogP contribution in [0, 0.1) is 6.92 Å². The van der Waals surface area contributed by atoms with E-state index in [0.29, 0.717) is 5.95 Å². The molecule has 2 aliphatic heterocycles. The second-order valence-corrected chi connectivity index (χ2v) is 7.10. The number of piperazine rings is 1. The highest BCUT2D eigenvalue weighted by molar-refractivity contribution is 5.96. The van der Waals surface area contributed by atoms with Crippen LogP contribution >= 0.6 is 0 Å². The van der Waals surface area contributed by atoms with E-state index in [1.807, 2.05) is 11.8 Å². The summed E-state index contributed by atoms with van der Waals surface area (Å²) >= 11 is 0. The molecule has 1 fully saturated rings. The zero-order valence-electron chi connectivity index (χ0n) is 15.4. The van der Waals surface area contributed by atoms with Crippen LogP contribution in [0.2, 0.25) is 0 Å². The van der Waals surface area contributed by atoms with Gasteiger partial charge in [-0.1, -0.05) is 29.8 Å². The number of allylic oxidation sites excluding steroid dienone is 1. The molecule has 26 heavy (non-hydrogen) atoms. The first kappa shape index (κ1) is 16.8. The Morgan fingerprint density at radius 2 is 1.81 bits per heavy atom. The van der Waals surface area contributed by atoms with Gasteiger partial charge >= 0.3 is 0 Å². The van der Waals surface area contributed by atoms with Crippen molar-refractivity contribution in [1.29, 1.82) is 0 Å². The van der Waals surface area contributed by atoms with Gasteiger partial charge in [-0.15, -0.1) is 0 Å². The number of aryl methyl sites for hydroxylation is 1. The van der Waals surface area contributed by atoms with E-state index < -0.39 is 0 Å². The lowest BCUT2D eigenvalue weighted by molar-refractivity contribution is -0.129. The smallest absolute Gasteiger partial charge is 0.254 e. The van der Waals surface area contributed by atoms with Crippen molar-refractivity contribution in [2.75, 3.05) is 38.5 Å². The highest BCUT2D eigenvalue weighted by atomic mass is 16.2. The largest absolute Gasteiger partial charge is 0.336 e. The number of amides is 1. The van der Waals surface area contributed by atoms with Crippen LogP contribution < -0.4 is 5.32 Å². The third kappa shape index (κ3) is 2.88. The van der Waals surface area contributed by atoms with Crippen LogP contribution in [0.4, 0.5) is 5.95 Å². The number of rotatable bonds is 2. The van der Waals surface area contributed by atoms with Gasteiger partial charge < -0.3 is 15.1 Å². The molecule has 0 aliphatic carbocycles. The summed E-state index contributed by atoms with van der Waals surface area (Å²) in [5, 5.41) is 7.63. The molecule has 4 rings (SSSR count). The fourth-order valence-electron chi connectivity index (χ4n) is 3.60. The van der Waals surface area contributed by atoms with E-state index in [2.05, 4.69) is 58.5 Å². The van der Waals surface area contributed by atoms with E-state index in [9.17, 15) is 4.79 Å². The van der Waals surface area contributed by atoms with Gasteiger partial charge in [0.2, 0.25) is 5.95 Å². The molecule has 2 aromatic rings. The minimum Gasteiger partial charge on any atom is -0.336 e. The van der Waals surface area contributed by atoms with Crippen LogP contribution in [0.1, 0.15) is 24.1 Å². The molecular formula is C19H24N6O. The molecule has 0 bridgehead atoms. The first-order valence-corrected chi connectivity index (χ1v) is 8.96. The van der Waals surface area contributed by atoms with Crippen LogP contribution in [0.3, 0.4) is 0 Å². The van der Waals surface area contributed by atoms with Crippen molar-refractivity contribution in [3.05, 3.63) is 53.0 Å². The van der Waals surface area contributed by atoms with Crippen LogP contribution in [0.25, 0.3) is 0 Å². The Balaban J connectivity index is 1.75. The number of hydrogen-bond donors (Lipinski definition) is 1. The normalized spacial score (nSPS) is 20.7. The summed E-state index contributed by atoms with van der Waals surface area (Å²) in [6.07, 6.45) is 1.53. The summed E-state index contributed by atoms with van der Waals surface area (Å²) in [4.78, 5) is 21.9. The molecule has 136 valence electrons. The summed E-state index contributed by atoms with van der Waals surface area (Å²) in [6.45, 7) is 7.30. The van der Waals surface area contributed by atoms with E-state index in [1.165, 1.54) is 11.9 Å². The van der Waals surface area contributed by atoms with Gasteiger partial charge in [-0.05, 0) is 26.5 Å². The van der Waals surface area contributed by atoms with Gasteiger partial charge in [-0.25, -0.2) is 4.68 Å². The Bertz CT molecular complexity index is 845. The standard InChI is InChI=1S/C19H24N6O/c1-13-4-6-15(7-5-13)17-16(14(2)22-19-20-12-21-25(17)19)18(26)24-10-8-23(3)9-11-24/h4-7,12,17H,8-11H2,1-3H3,(H,20,21,22)/t17-/m0/s1. The van der Waals surface area contributed by atoms with Crippen LogP contribution in [0.5, 0.6) is 0 Å². The molecule has 0 spiro atoms. The molecule has 7 nitrogen and oxygen atoms in total. The first-order chi connectivity index (χ1) is 12.5. The lowest BCUT2D eigenvalue weighted by Gasteiger charge is -2.36. The Hall–Kier alpha value is -2.67. The molecule has 1 saturated heterocycles. The van der Waals surface area contributed by atoms with Gasteiger partial charge in [0.15, 0.2) is 0 Å². The van der Waals surface area contributed by atoms with Crippen molar-refractivity contribution < 1.29 is 4.79 Å². The van der Waals surface area contributed by atoms with E-state index in [0.717, 1.165) is 43.0 Å². The Labute approximate surface area is 153 Å². The lowest BCUT2D eigenvalue weighted by atomic mass is 9.94. The fraction of sp³-hybridized carbons (Fsp3) is 0.421. The van der Waals surface area contributed by atoms with Gasteiger partial charge in [-0.2, -0.15) is 10.1 Å². The number of aromatic nitrogens is 3. The summed E-state index contributed by atoms with van der Waals surface area (Å²) < 4.78 is 1.81. The predicted molar refractivity (Wildman–Crippen MR) is 99.7 cm³/mol. The molecule has 1 aromatic carbocycles. The third-order valence-electron chi connectivity index (χ3n) is 5.21. The number of likely N-dealkylation sites (N-methyl/N-ethyl adjacent to an activating group) is 1. The van der Waals surface area contributed by atoms with Crippen molar-refractivity contribution >= 4 is 11.9 Å². The predicted octanol–water partition coefficient (Wildman–Crippen LogP) is 1.65.